The Balaban J connectivity index is 1.60. The fraction of sp³-hybridized carbons (Fsp3) is 0.121. The molecule has 0 aromatic heterocycles. The molecule has 1 N–H and O–H groups in total. The van der Waals surface area contributed by atoms with E-state index >= 15 is 0 Å². The number of carboxylic acid groups (broad SMARTS) is 1. The lowest BCUT2D eigenvalue weighted by molar-refractivity contribution is -0.139. The lowest BCUT2D eigenvalue weighted by Gasteiger charge is -2.18. The van der Waals surface area contributed by atoms with Gasteiger partial charge in [0.1, 0.15) is 18.1 Å². The first-order valence-electron chi connectivity index (χ1n) is 12.4. The molecule has 5 aromatic carbocycles. The molecule has 5 heteroatoms. The lowest BCUT2D eigenvalue weighted by Crippen LogP contribution is -2.11. The van der Waals surface area contributed by atoms with E-state index in [0.29, 0.717) is 18.8 Å². The van der Waals surface area contributed by atoms with Crippen molar-refractivity contribution in [1.82, 2.24) is 0 Å². The maximum Gasteiger partial charge on any atom is 0.341 e. The number of aliphatic carboxylic acids is 1. The Kier molecular flexibility index (Phi) is 8.05. The van der Waals surface area contributed by atoms with Crippen LogP contribution in [-0.4, -0.2) is 17.7 Å². The Morgan fingerprint density at radius 2 is 1.21 bits per heavy atom. The van der Waals surface area contributed by atoms with Gasteiger partial charge in [0.2, 0.25) is 0 Å². The molecule has 0 saturated carbocycles. The smallest absolute Gasteiger partial charge is 0.341 e. The van der Waals surface area contributed by atoms with Gasteiger partial charge in [-0.15, -0.1) is 0 Å². The summed E-state index contributed by atoms with van der Waals surface area (Å²) >= 11 is 3.74. The minimum absolute atomic E-state index is 0.421. The SMILES string of the molecule is O=C(O)COc1c(Cc2ccccc2)cc2cc(Cc3ccccc3)c(OCc3ccccc3)cc2c1Br. The number of ether oxygens (including phenoxy) is 2. The van der Waals surface area contributed by atoms with Crippen molar-refractivity contribution in [3.8, 4) is 11.5 Å². The van der Waals surface area contributed by atoms with Crippen LogP contribution >= 0.6 is 15.9 Å². The van der Waals surface area contributed by atoms with Crippen LogP contribution in [0.5, 0.6) is 11.5 Å². The minimum atomic E-state index is -1.02. The van der Waals surface area contributed by atoms with E-state index in [4.69, 9.17) is 9.47 Å². The van der Waals surface area contributed by atoms with Gasteiger partial charge >= 0.3 is 5.97 Å². The molecule has 5 rings (SSSR count). The quantitative estimate of drug-likeness (QED) is 0.187. The highest BCUT2D eigenvalue weighted by molar-refractivity contribution is 9.10. The van der Waals surface area contributed by atoms with Gasteiger partial charge in [-0.25, -0.2) is 4.79 Å². The van der Waals surface area contributed by atoms with Gasteiger partial charge in [0.15, 0.2) is 6.61 Å². The van der Waals surface area contributed by atoms with E-state index in [1.807, 2.05) is 72.8 Å². The summed E-state index contributed by atoms with van der Waals surface area (Å²) in [7, 11) is 0. The number of carboxylic acids is 1. The molecule has 0 spiro atoms. The normalized spacial score (nSPS) is 10.9. The summed E-state index contributed by atoms with van der Waals surface area (Å²) < 4.78 is 12.9. The number of fused-ring (bicyclic) bond motifs is 1. The summed E-state index contributed by atoms with van der Waals surface area (Å²) in [6.45, 7) is 0.0234. The van der Waals surface area contributed by atoms with Crippen LogP contribution in [0.2, 0.25) is 0 Å². The van der Waals surface area contributed by atoms with E-state index in [9.17, 15) is 9.90 Å². The number of rotatable bonds is 10. The number of hydrogen-bond donors (Lipinski definition) is 1. The van der Waals surface area contributed by atoms with Gasteiger partial charge in [-0.1, -0.05) is 91.0 Å². The van der Waals surface area contributed by atoms with Gasteiger partial charge in [0.25, 0.3) is 0 Å². The Labute approximate surface area is 230 Å². The second kappa shape index (κ2) is 12.0. The van der Waals surface area contributed by atoms with E-state index < -0.39 is 12.6 Å². The highest BCUT2D eigenvalue weighted by Crippen LogP contribution is 2.41. The molecule has 190 valence electrons. The first-order chi connectivity index (χ1) is 18.6. The van der Waals surface area contributed by atoms with Gasteiger partial charge < -0.3 is 14.6 Å². The molecule has 5 aromatic rings. The van der Waals surface area contributed by atoms with Crippen LogP contribution in [0.3, 0.4) is 0 Å². The van der Waals surface area contributed by atoms with Crippen molar-refractivity contribution < 1.29 is 19.4 Å². The Morgan fingerprint density at radius 3 is 1.79 bits per heavy atom. The van der Waals surface area contributed by atoms with Gasteiger partial charge in [0, 0.05) is 23.8 Å². The molecule has 0 aliphatic rings. The number of hydrogen-bond acceptors (Lipinski definition) is 3. The van der Waals surface area contributed by atoms with Crippen molar-refractivity contribution >= 4 is 32.7 Å². The molecule has 38 heavy (non-hydrogen) atoms. The third-order valence-corrected chi connectivity index (χ3v) is 7.13. The fourth-order valence-corrected chi connectivity index (χ4v) is 5.24. The highest BCUT2D eigenvalue weighted by Gasteiger charge is 2.18. The molecular formula is C33H27BrO4. The summed E-state index contributed by atoms with van der Waals surface area (Å²) in [6.07, 6.45) is 1.34. The van der Waals surface area contributed by atoms with E-state index in [2.05, 4.69) is 52.3 Å². The molecule has 0 aliphatic heterocycles. The fourth-order valence-electron chi connectivity index (χ4n) is 4.53. The van der Waals surface area contributed by atoms with Crippen molar-refractivity contribution in [2.45, 2.75) is 19.4 Å². The van der Waals surface area contributed by atoms with Crippen LogP contribution in [0.4, 0.5) is 0 Å². The van der Waals surface area contributed by atoms with Crippen molar-refractivity contribution in [3.05, 3.63) is 141 Å². The predicted molar refractivity (Wildman–Crippen MR) is 154 cm³/mol. The van der Waals surface area contributed by atoms with Crippen LogP contribution in [-0.2, 0) is 24.2 Å². The zero-order chi connectivity index (χ0) is 26.3. The van der Waals surface area contributed by atoms with Gasteiger partial charge in [0.05, 0.1) is 4.47 Å². The highest BCUT2D eigenvalue weighted by atomic mass is 79.9. The maximum absolute atomic E-state index is 11.3. The number of halogens is 1. The lowest BCUT2D eigenvalue weighted by atomic mass is 9.96. The first kappa shape index (κ1) is 25.6. The molecule has 0 heterocycles. The first-order valence-corrected chi connectivity index (χ1v) is 13.2. The topological polar surface area (TPSA) is 55.8 Å². The molecule has 0 fully saturated rings. The van der Waals surface area contributed by atoms with Crippen molar-refractivity contribution in [2.24, 2.45) is 0 Å². The van der Waals surface area contributed by atoms with E-state index in [0.717, 1.165) is 49.7 Å². The van der Waals surface area contributed by atoms with E-state index in [1.54, 1.807) is 0 Å². The van der Waals surface area contributed by atoms with Crippen LogP contribution in [0, 0.1) is 0 Å². The Hall–Kier alpha value is -4.09. The Morgan fingerprint density at radius 1 is 0.684 bits per heavy atom. The number of carbonyl (C=O) groups is 1. The largest absolute Gasteiger partial charge is 0.489 e. The van der Waals surface area contributed by atoms with Crippen molar-refractivity contribution in [1.29, 1.82) is 0 Å². The second-order valence-corrected chi connectivity index (χ2v) is 9.93. The molecule has 0 atom stereocenters. The molecule has 0 amide bonds. The molecule has 0 aliphatic carbocycles. The summed E-state index contributed by atoms with van der Waals surface area (Å²) in [4.78, 5) is 11.3. The maximum atomic E-state index is 11.3. The van der Waals surface area contributed by atoms with Gasteiger partial charge in [-0.05, 0) is 61.8 Å². The zero-order valence-electron chi connectivity index (χ0n) is 20.8. The third kappa shape index (κ3) is 6.24. The molecule has 0 saturated heterocycles. The summed E-state index contributed by atoms with van der Waals surface area (Å²) in [5.74, 6) is 0.298. The van der Waals surface area contributed by atoms with Crippen LogP contribution in [0.25, 0.3) is 10.8 Å². The van der Waals surface area contributed by atoms with Crippen LogP contribution < -0.4 is 9.47 Å². The standard InChI is InChI=1S/C33H27BrO4/c34-32-29-20-30(37-21-25-14-8-3-9-15-25)27(16-23-10-4-1-5-11-23)18-26(29)19-28(33(32)38-22-31(35)36)17-24-12-6-2-7-13-24/h1-15,18-20H,16-17,21-22H2,(H,35,36). The second-order valence-electron chi connectivity index (χ2n) is 9.14. The number of benzene rings is 5. The van der Waals surface area contributed by atoms with Crippen molar-refractivity contribution in [3.63, 3.8) is 0 Å². The minimum Gasteiger partial charge on any atom is -0.489 e. The van der Waals surface area contributed by atoms with Crippen molar-refractivity contribution in [2.75, 3.05) is 6.61 Å². The van der Waals surface area contributed by atoms with Gasteiger partial charge in [-0.3, -0.25) is 0 Å². The zero-order valence-corrected chi connectivity index (χ0v) is 22.4. The monoisotopic (exact) mass is 566 g/mol. The summed E-state index contributed by atoms with van der Waals surface area (Å²) in [5, 5.41) is 11.2. The van der Waals surface area contributed by atoms with Crippen LogP contribution in [0.15, 0.2) is 114 Å². The molecule has 4 nitrogen and oxygen atoms in total. The average Bonchev–Trinajstić information content (AvgIpc) is 2.93. The summed E-state index contributed by atoms with van der Waals surface area (Å²) in [5.41, 5.74) is 5.39. The molecule has 0 radical (unpaired) electrons. The predicted octanol–water partition coefficient (Wildman–Crippen LogP) is 7.83. The van der Waals surface area contributed by atoms with Gasteiger partial charge in [-0.2, -0.15) is 0 Å². The molecule has 0 unspecified atom stereocenters. The Bertz CT molecular complexity index is 1530. The van der Waals surface area contributed by atoms with Crippen LogP contribution in [0.1, 0.15) is 27.8 Å². The third-order valence-electron chi connectivity index (χ3n) is 6.34. The van der Waals surface area contributed by atoms with E-state index in [-0.39, 0.29) is 0 Å². The molecule has 0 bridgehead atoms. The molecular weight excluding hydrogens is 540 g/mol. The van der Waals surface area contributed by atoms with E-state index in [1.165, 1.54) is 5.56 Å². The summed E-state index contributed by atoms with van der Waals surface area (Å²) in [6, 6.07) is 36.8. The average molecular weight is 567 g/mol.